The van der Waals surface area contributed by atoms with Crippen LogP contribution < -0.4 is 9.62 Å². The number of carbonyl (C=O) groups is 2. The predicted molar refractivity (Wildman–Crippen MR) is 140 cm³/mol. The molecule has 0 saturated carbocycles. The van der Waals surface area contributed by atoms with Crippen LogP contribution in [0, 0.1) is 13.8 Å². The second-order valence-corrected chi connectivity index (χ2v) is 11.5. The lowest BCUT2D eigenvalue weighted by molar-refractivity contribution is -0.139. The van der Waals surface area contributed by atoms with Gasteiger partial charge in [0, 0.05) is 17.1 Å². The largest absolute Gasteiger partial charge is 0.352 e. The first-order chi connectivity index (χ1) is 15.8. The second-order valence-electron chi connectivity index (χ2n) is 8.63. The molecule has 0 aliphatic heterocycles. The highest BCUT2D eigenvalue weighted by molar-refractivity contribution is 9.10. The third-order valence-electron chi connectivity index (χ3n) is 5.96. The zero-order valence-electron chi connectivity index (χ0n) is 20.6. The monoisotopic (exact) mass is 551 g/mol. The van der Waals surface area contributed by atoms with Gasteiger partial charge in [0.1, 0.15) is 12.6 Å². The number of carbonyl (C=O) groups excluding carboxylic acids is 2. The molecule has 9 heteroatoms. The SMILES string of the molecule is CC[C@H](C)NC(=O)[C@@H](C)N(Cc1ccc(Br)cc1)C(=O)CN(c1cccc(C)c1C)S(C)(=O)=O. The van der Waals surface area contributed by atoms with Crippen LogP contribution in [0.15, 0.2) is 46.9 Å². The van der Waals surface area contributed by atoms with Crippen LogP contribution in [0.25, 0.3) is 0 Å². The van der Waals surface area contributed by atoms with Crippen LogP contribution in [-0.2, 0) is 26.2 Å². The molecule has 7 nitrogen and oxygen atoms in total. The Morgan fingerprint density at radius 2 is 1.68 bits per heavy atom. The average Bonchev–Trinajstić information content (AvgIpc) is 2.77. The molecule has 0 aliphatic carbocycles. The highest BCUT2D eigenvalue weighted by Gasteiger charge is 2.31. The van der Waals surface area contributed by atoms with Crippen LogP contribution in [0.2, 0.25) is 0 Å². The van der Waals surface area contributed by atoms with Crippen LogP contribution in [0.4, 0.5) is 5.69 Å². The second kappa shape index (κ2) is 11.8. The molecule has 2 aromatic rings. The maximum absolute atomic E-state index is 13.6. The van der Waals surface area contributed by atoms with Crippen LogP contribution in [-0.4, -0.2) is 50.0 Å². The molecule has 0 saturated heterocycles. The van der Waals surface area contributed by atoms with E-state index in [2.05, 4.69) is 21.2 Å². The molecule has 0 aromatic heterocycles. The summed E-state index contributed by atoms with van der Waals surface area (Å²) in [5.41, 5.74) is 2.99. The normalized spacial score (nSPS) is 13.1. The summed E-state index contributed by atoms with van der Waals surface area (Å²) < 4.78 is 27.4. The predicted octanol–water partition coefficient (Wildman–Crippen LogP) is 4.16. The number of halogens is 1. The number of amides is 2. The van der Waals surface area contributed by atoms with E-state index in [1.807, 2.05) is 58.0 Å². The zero-order chi connectivity index (χ0) is 25.6. The van der Waals surface area contributed by atoms with Crippen molar-refractivity contribution >= 4 is 43.5 Å². The Morgan fingerprint density at radius 3 is 2.24 bits per heavy atom. The number of hydrogen-bond acceptors (Lipinski definition) is 4. The molecular weight excluding hydrogens is 518 g/mol. The smallest absolute Gasteiger partial charge is 0.244 e. The molecule has 0 bridgehead atoms. The van der Waals surface area contributed by atoms with E-state index in [0.717, 1.165) is 38.1 Å². The minimum Gasteiger partial charge on any atom is -0.352 e. The summed E-state index contributed by atoms with van der Waals surface area (Å²) >= 11 is 3.40. The Morgan fingerprint density at radius 1 is 1.06 bits per heavy atom. The van der Waals surface area contributed by atoms with E-state index < -0.39 is 28.5 Å². The first-order valence-corrected chi connectivity index (χ1v) is 13.9. The topological polar surface area (TPSA) is 86.8 Å². The molecule has 0 fully saturated rings. The lowest BCUT2D eigenvalue weighted by Crippen LogP contribution is -2.52. The molecule has 2 rings (SSSR count). The number of sulfonamides is 1. The van der Waals surface area contributed by atoms with Crippen molar-refractivity contribution in [2.75, 3.05) is 17.1 Å². The lowest BCUT2D eigenvalue weighted by atomic mass is 10.1. The van der Waals surface area contributed by atoms with Gasteiger partial charge in [0.25, 0.3) is 0 Å². The summed E-state index contributed by atoms with van der Waals surface area (Å²) in [7, 11) is -3.75. The van der Waals surface area contributed by atoms with Gasteiger partial charge in [-0.1, -0.05) is 47.1 Å². The lowest BCUT2D eigenvalue weighted by Gasteiger charge is -2.32. The van der Waals surface area contributed by atoms with Crippen LogP contribution >= 0.6 is 15.9 Å². The van der Waals surface area contributed by atoms with Gasteiger partial charge in [-0.15, -0.1) is 0 Å². The number of aryl methyl sites for hydroxylation is 1. The van der Waals surface area contributed by atoms with Crippen LogP contribution in [0.3, 0.4) is 0 Å². The van der Waals surface area contributed by atoms with Gasteiger partial charge in [0.15, 0.2) is 0 Å². The van der Waals surface area contributed by atoms with Gasteiger partial charge in [0.05, 0.1) is 11.9 Å². The minimum atomic E-state index is -3.75. The van der Waals surface area contributed by atoms with E-state index in [-0.39, 0.29) is 18.5 Å². The van der Waals surface area contributed by atoms with Gasteiger partial charge < -0.3 is 10.2 Å². The molecule has 1 N–H and O–H groups in total. The molecule has 0 radical (unpaired) electrons. The van der Waals surface area contributed by atoms with Gasteiger partial charge in [-0.2, -0.15) is 0 Å². The molecule has 2 amide bonds. The van der Waals surface area contributed by atoms with Crippen LogP contribution in [0.1, 0.15) is 43.9 Å². The molecule has 0 heterocycles. The third-order valence-corrected chi connectivity index (χ3v) is 7.61. The van der Waals surface area contributed by atoms with Crippen molar-refractivity contribution in [1.82, 2.24) is 10.2 Å². The van der Waals surface area contributed by atoms with Crippen molar-refractivity contribution in [3.05, 3.63) is 63.6 Å². The van der Waals surface area contributed by atoms with E-state index in [0.29, 0.717) is 5.69 Å². The average molecular weight is 553 g/mol. The molecule has 2 atom stereocenters. The van der Waals surface area contributed by atoms with Crippen molar-refractivity contribution in [1.29, 1.82) is 0 Å². The third kappa shape index (κ3) is 7.30. The van der Waals surface area contributed by atoms with E-state index in [4.69, 9.17) is 0 Å². The Bertz CT molecular complexity index is 1120. The molecular formula is C25H34BrN3O4S. The number of anilines is 1. The fourth-order valence-electron chi connectivity index (χ4n) is 3.44. The Balaban J connectivity index is 2.42. The fraction of sp³-hybridized carbons (Fsp3) is 0.440. The summed E-state index contributed by atoms with van der Waals surface area (Å²) in [6.07, 6.45) is 1.84. The van der Waals surface area contributed by atoms with E-state index >= 15 is 0 Å². The van der Waals surface area contributed by atoms with E-state index in [9.17, 15) is 18.0 Å². The van der Waals surface area contributed by atoms with E-state index in [1.165, 1.54) is 4.90 Å². The first kappa shape index (κ1) is 27.9. The summed E-state index contributed by atoms with van der Waals surface area (Å²) in [5.74, 6) is -0.737. The molecule has 0 aliphatic rings. The number of nitrogens with zero attached hydrogens (tertiary/aromatic N) is 2. The maximum atomic E-state index is 13.6. The van der Waals surface area contributed by atoms with Crippen molar-refractivity contribution < 1.29 is 18.0 Å². The van der Waals surface area contributed by atoms with Crippen molar-refractivity contribution in [3.63, 3.8) is 0 Å². The molecule has 0 spiro atoms. The van der Waals surface area contributed by atoms with Gasteiger partial charge in [-0.05, 0) is 69.0 Å². The standard InChI is InChI=1S/C25H34BrN3O4S/c1-7-18(3)27-25(31)20(5)28(15-21-11-13-22(26)14-12-21)24(30)16-29(34(6,32)33)23-10-8-9-17(2)19(23)4/h8-14,18,20H,7,15-16H2,1-6H3,(H,27,31)/t18-,20+/m0/s1. The first-order valence-electron chi connectivity index (χ1n) is 11.2. The molecule has 2 aromatic carbocycles. The van der Waals surface area contributed by atoms with Gasteiger partial charge in [-0.25, -0.2) is 8.42 Å². The van der Waals surface area contributed by atoms with Crippen molar-refractivity contribution in [3.8, 4) is 0 Å². The fourth-order valence-corrected chi connectivity index (χ4v) is 4.60. The number of benzene rings is 2. The van der Waals surface area contributed by atoms with Gasteiger partial charge >= 0.3 is 0 Å². The maximum Gasteiger partial charge on any atom is 0.244 e. The van der Waals surface area contributed by atoms with Crippen LogP contribution in [0.5, 0.6) is 0 Å². The highest BCUT2D eigenvalue weighted by atomic mass is 79.9. The summed E-state index contributed by atoms with van der Waals surface area (Å²) in [6, 6.07) is 12.0. The number of rotatable bonds is 10. The minimum absolute atomic E-state index is 0.0398. The Labute approximate surface area is 211 Å². The van der Waals surface area contributed by atoms with Crippen molar-refractivity contribution in [2.24, 2.45) is 0 Å². The van der Waals surface area contributed by atoms with Gasteiger partial charge in [-0.3, -0.25) is 13.9 Å². The quantitative estimate of drug-likeness (QED) is 0.480. The number of nitrogens with one attached hydrogen (secondary N) is 1. The Hall–Kier alpha value is -2.39. The van der Waals surface area contributed by atoms with Gasteiger partial charge in [0.2, 0.25) is 21.8 Å². The molecule has 0 unspecified atom stereocenters. The Kier molecular flexibility index (Phi) is 9.70. The highest BCUT2D eigenvalue weighted by Crippen LogP contribution is 2.25. The zero-order valence-corrected chi connectivity index (χ0v) is 23.0. The van der Waals surface area contributed by atoms with E-state index in [1.54, 1.807) is 19.1 Å². The molecule has 186 valence electrons. The summed E-state index contributed by atoms with van der Waals surface area (Å²) in [5, 5.41) is 2.92. The summed E-state index contributed by atoms with van der Waals surface area (Å²) in [6.45, 7) is 9.02. The summed E-state index contributed by atoms with van der Waals surface area (Å²) in [4.78, 5) is 27.9. The van der Waals surface area contributed by atoms with Crippen molar-refractivity contribution in [2.45, 2.75) is 59.7 Å². The molecule has 34 heavy (non-hydrogen) atoms. The number of hydrogen-bond donors (Lipinski definition) is 1.